The fraction of sp³-hybridized carbons (Fsp3) is 0.667. The molecule has 1 aromatic carbocycles. The van der Waals surface area contributed by atoms with Crippen LogP contribution in [0.2, 0.25) is 0 Å². The third-order valence-electron chi connectivity index (χ3n) is 5.23. The van der Waals surface area contributed by atoms with E-state index in [0.29, 0.717) is 11.3 Å². The number of hydrogen-bond acceptors (Lipinski definition) is 2. The van der Waals surface area contributed by atoms with Crippen LogP contribution in [0.25, 0.3) is 0 Å². The Morgan fingerprint density at radius 3 is 2.45 bits per heavy atom. The molecule has 2 heteroatoms. The zero-order valence-electron chi connectivity index (χ0n) is 13.0. The number of rotatable bonds is 3. The van der Waals surface area contributed by atoms with Crippen molar-refractivity contribution in [3.63, 3.8) is 0 Å². The van der Waals surface area contributed by atoms with Gasteiger partial charge in [-0.3, -0.25) is 4.90 Å². The summed E-state index contributed by atoms with van der Waals surface area (Å²) in [4.78, 5) is 2.66. The summed E-state index contributed by atoms with van der Waals surface area (Å²) in [5.74, 6) is 0.633. The first kappa shape index (κ1) is 14.1. The lowest BCUT2D eigenvalue weighted by molar-refractivity contribution is 0.194. The lowest BCUT2D eigenvalue weighted by Gasteiger charge is -2.34. The van der Waals surface area contributed by atoms with Crippen molar-refractivity contribution in [3.8, 4) is 0 Å². The van der Waals surface area contributed by atoms with Crippen LogP contribution < -0.4 is 5.32 Å². The summed E-state index contributed by atoms with van der Waals surface area (Å²) in [5.41, 5.74) is 3.55. The van der Waals surface area contributed by atoms with Gasteiger partial charge in [-0.1, -0.05) is 38.1 Å². The van der Waals surface area contributed by atoms with Crippen molar-refractivity contribution in [2.24, 2.45) is 5.41 Å². The second kappa shape index (κ2) is 5.87. The molecular formula is C18H28N2. The first-order chi connectivity index (χ1) is 9.67. The summed E-state index contributed by atoms with van der Waals surface area (Å²) in [6.45, 7) is 10.7. The molecule has 0 aliphatic carbocycles. The average molecular weight is 272 g/mol. The Labute approximate surface area is 123 Å². The quantitative estimate of drug-likeness (QED) is 0.907. The highest BCUT2D eigenvalue weighted by Gasteiger charge is 2.38. The molecule has 2 fully saturated rings. The molecule has 0 bridgehead atoms. The first-order valence-electron chi connectivity index (χ1n) is 8.19. The van der Waals surface area contributed by atoms with Crippen molar-refractivity contribution in [2.75, 3.05) is 26.2 Å². The van der Waals surface area contributed by atoms with E-state index >= 15 is 0 Å². The molecule has 2 aliphatic heterocycles. The molecule has 2 aliphatic rings. The maximum absolute atomic E-state index is 3.50. The van der Waals surface area contributed by atoms with E-state index in [9.17, 15) is 0 Å². The molecule has 0 amide bonds. The number of nitrogens with zero attached hydrogens (tertiary/aromatic N) is 1. The number of benzene rings is 1. The summed E-state index contributed by atoms with van der Waals surface area (Å²) in [6.07, 6.45) is 4.14. The van der Waals surface area contributed by atoms with Gasteiger partial charge in [-0.25, -0.2) is 0 Å². The second-order valence-corrected chi connectivity index (χ2v) is 7.11. The molecule has 3 rings (SSSR count). The van der Waals surface area contributed by atoms with Gasteiger partial charge in [0.2, 0.25) is 0 Å². The average Bonchev–Trinajstić information content (AvgIpc) is 2.83. The maximum atomic E-state index is 3.50. The normalized spacial score (nSPS) is 22.8. The number of nitrogens with one attached hydrogen (secondary N) is 1. The largest absolute Gasteiger partial charge is 0.317 e. The number of hydrogen-bond donors (Lipinski definition) is 1. The Balaban J connectivity index is 1.58. The number of piperidine rings is 1. The second-order valence-electron chi connectivity index (χ2n) is 7.11. The molecule has 0 aromatic heterocycles. The highest BCUT2D eigenvalue weighted by molar-refractivity contribution is 5.24. The Morgan fingerprint density at radius 1 is 1.10 bits per heavy atom. The van der Waals surface area contributed by atoms with Gasteiger partial charge >= 0.3 is 0 Å². The highest BCUT2D eigenvalue weighted by Crippen LogP contribution is 2.39. The van der Waals surface area contributed by atoms with E-state index < -0.39 is 0 Å². The van der Waals surface area contributed by atoms with Gasteiger partial charge in [0.05, 0.1) is 0 Å². The molecule has 0 saturated carbocycles. The predicted molar refractivity (Wildman–Crippen MR) is 85.0 cm³/mol. The van der Waals surface area contributed by atoms with E-state index in [2.05, 4.69) is 48.3 Å². The fourth-order valence-corrected chi connectivity index (χ4v) is 3.79. The lowest BCUT2D eigenvalue weighted by Crippen LogP contribution is -2.38. The molecule has 2 heterocycles. The van der Waals surface area contributed by atoms with Crippen LogP contribution in [0, 0.1) is 5.41 Å². The fourth-order valence-electron chi connectivity index (χ4n) is 3.79. The molecule has 2 saturated heterocycles. The zero-order valence-corrected chi connectivity index (χ0v) is 13.0. The Bertz CT molecular complexity index is 429. The highest BCUT2D eigenvalue weighted by atomic mass is 15.2. The predicted octanol–water partition coefficient (Wildman–Crippen LogP) is 3.39. The van der Waals surface area contributed by atoms with Crippen molar-refractivity contribution >= 4 is 0 Å². The topological polar surface area (TPSA) is 15.3 Å². The van der Waals surface area contributed by atoms with Crippen LogP contribution in [0.5, 0.6) is 0 Å². The SMILES string of the molecule is CC(C)c1ccc(CN2CCC3(CCNCC3)C2)cc1. The van der Waals surface area contributed by atoms with Crippen molar-refractivity contribution < 1.29 is 0 Å². The molecule has 20 heavy (non-hydrogen) atoms. The zero-order chi connectivity index (χ0) is 14.0. The minimum absolute atomic E-state index is 0.628. The Kier molecular flexibility index (Phi) is 4.13. The van der Waals surface area contributed by atoms with E-state index in [1.165, 1.54) is 56.6 Å². The third-order valence-corrected chi connectivity index (χ3v) is 5.23. The van der Waals surface area contributed by atoms with Crippen LogP contribution in [-0.4, -0.2) is 31.1 Å². The van der Waals surface area contributed by atoms with Gasteiger partial charge < -0.3 is 5.32 Å². The van der Waals surface area contributed by atoms with Gasteiger partial charge in [0.1, 0.15) is 0 Å². The van der Waals surface area contributed by atoms with Gasteiger partial charge in [-0.2, -0.15) is 0 Å². The van der Waals surface area contributed by atoms with Crippen molar-refractivity contribution in [1.29, 1.82) is 0 Å². The minimum atomic E-state index is 0.628. The summed E-state index contributed by atoms with van der Waals surface area (Å²) in [6, 6.07) is 9.25. The van der Waals surface area contributed by atoms with Crippen molar-refractivity contribution in [1.82, 2.24) is 10.2 Å². The van der Waals surface area contributed by atoms with Crippen LogP contribution in [-0.2, 0) is 6.54 Å². The Morgan fingerprint density at radius 2 is 1.80 bits per heavy atom. The Hall–Kier alpha value is -0.860. The standard InChI is InChI=1S/C18H28N2/c1-15(2)17-5-3-16(4-6-17)13-20-12-9-18(14-20)7-10-19-11-8-18/h3-6,15,19H,7-14H2,1-2H3. The summed E-state index contributed by atoms with van der Waals surface area (Å²) in [5, 5.41) is 3.50. The van der Waals surface area contributed by atoms with Crippen LogP contribution >= 0.6 is 0 Å². The van der Waals surface area contributed by atoms with Crippen LogP contribution in [0.1, 0.15) is 50.2 Å². The molecule has 1 aromatic rings. The molecule has 0 radical (unpaired) electrons. The minimum Gasteiger partial charge on any atom is -0.317 e. The molecule has 0 atom stereocenters. The van der Waals surface area contributed by atoms with E-state index in [4.69, 9.17) is 0 Å². The van der Waals surface area contributed by atoms with Gasteiger partial charge in [0.15, 0.2) is 0 Å². The van der Waals surface area contributed by atoms with Gasteiger partial charge in [0.25, 0.3) is 0 Å². The maximum Gasteiger partial charge on any atom is 0.0233 e. The van der Waals surface area contributed by atoms with Crippen LogP contribution in [0.15, 0.2) is 24.3 Å². The van der Waals surface area contributed by atoms with Crippen molar-refractivity contribution in [2.45, 2.75) is 45.6 Å². The molecule has 1 N–H and O–H groups in total. The molecule has 2 nitrogen and oxygen atoms in total. The monoisotopic (exact) mass is 272 g/mol. The van der Waals surface area contributed by atoms with Gasteiger partial charge in [-0.15, -0.1) is 0 Å². The third kappa shape index (κ3) is 3.07. The van der Waals surface area contributed by atoms with Crippen molar-refractivity contribution in [3.05, 3.63) is 35.4 Å². The summed E-state index contributed by atoms with van der Waals surface area (Å²) in [7, 11) is 0. The number of likely N-dealkylation sites (tertiary alicyclic amines) is 1. The van der Waals surface area contributed by atoms with E-state index in [1.54, 1.807) is 0 Å². The van der Waals surface area contributed by atoms with E-state index in [0.717, 1.165) is 6.54 Å². The summed E-state index contributed by atoms with van der Waals surface area (Å²) >= 11 is 0. The van der Waals surface area contributed by atoms with Crippen LogP contribution in [0.4, 0.5) is 0 Å². The van der Waals surface area contributed by atoms with E-state index in [-0.39, 0.29) is 0 Å². The summed E-state index contributed by atoms with van der Waals surface area (Å²) < 4.78 is 0. The molecular weight excluding hydrogens is 244 g/mol. The van der Waals surface area contributed by atoms with Crippen LogP contribution in [0.3, 0.4) is 0 Å². The molecule has 110 valence electrons. The first-order valence-corrected chi connectivity index (χ1v) is 8.19. The van der Waals surface area contributed by atoms with Gasteiger partial charge in [0, 0.05) is 13.1 Å². The van der Waals surface area contributed by atoms with Gasteiger partial charge in [-0.05, 0) is 61.4 Å². The smallest absolute Gasteiger partial charge is 0.0233 e. The molecule has 0 unspecified atom stereocenters. The lowest BCUT2D eigenvalue weighted by atomic mass is 9.78. The van der Waals surface area contributed by atoms with E-state index in [1.807, 2.05) is 0 Å². The molecule has 1 spiro atoms.